The fraction of sp³-hybridized carbons (Fsp3) is 0.235. The maximum absolute atomic E-state index is 11.1. The van der Waals surface area contributed by atoms with Crippen LogP contribution in [0.3, 0.4) is 0 Å². The van der Waals surface area contributed by atoms with Gasteiger partial charge in [0.1, 0.15) is 18.1 Å². The molecule has 2 heteroatoms. The van der Waals surface area contributed by atoms with Crippen molar-refractivity contribution in [2.24, 2.45) is 0 Å². The SMILES string of the molecule is CC(=O)Cc1ccc(C)c(OCc2ccccc2)c1. The Kier molecular flexibility index (Phi) is 4.35. The summed E-state index contributed by atoms with van der Waals surface area (Å²) in [5.74, 6) is 1.01. The van der Waals surface area contributed by atoms with Crippen molar-refractivity contribution >= 4 is 5.78 Å². The largest absolute Gasteiger partial charge is 0.489 e. The van der Waals surface area contributed by atoms with Gasteiger partial charge >= 0.3 is 0 Å². The minimum absolute atomic E-state index is 0.165. The third-order valence-electron chi connectivity index (χ3n) is 2.94. The highest BCUT2D eigenvalue weighted by atomic mass is 16.5. The maximum atomic E-state index is 11.1. The zero-order chi connectivity index (χ0) is 13.7. The van der Waals surface area contributed by atoms with Crippen LogP contribution < -0.4 is 4.74 Å². The molecule has 2 rings (SSSR count). The van der Waals surface area contributed by atoms with Gasteiger partial charge in [-0.1, -0.05) is 42.5 Å². The second-order valence-corrected chi connectivity index (χ2v) is 4.75. The smallest absolute Gasteiger partial charge is 0.134 e. The molecule has 2 nitrogen and oxygen atoms in total. The number of ketones is 1. The summed E-state index contributed by atoms with van der Waals surface area (Å²) in [5.41, 5.74) is 3.23. The van der Waals surface area contributed by atoms with Gasteiger partial charge in [-0.25, -0.2) is 0 Å². The molecule has 0 N–H and O–H groups in total. The van der Waals surface area contributed by atoms with Gasteiger partial charge < -0.3 is 4.74 Å². The Hall–Kier alpha value is -2.09. The summed E-state index contributed by atoms with van der Waals surface area (Å²) in [6.07, 6.45) is 0.460. The summed E-state index contributed by atoms with van der Waals surface area (Å²) >= 11 is 0. The van der Waals surface area contributed by atoms with Crippen LogP contribution in [0.15, 0.2) is 48.5 Å². The van der Waals surface area contributed by atoms with Gasteiger partial charge in [0, 0.05) is 6.42 Å². The lowest BCUT2D eigenvalue weighted by Gasteiger charge is -2.10. The lowest BCUT2D eigenvalue weighted by Crippen LogP contribution is -2.00. The first-order valence-electron chi connectivity index (χ1n) is 6.41. The molecule has 0 spiro atoms. The standard InChI is InChI=1S/C17H18O2/c1-13-8-9-16(10-14(2)18)11-17(13)19-12-15-6-4-3-5-7-15/h3-9,11H,10,12H2,1-2H3. The molecule has 2 aromatic rings. The average molecular weight is 254 g/mol. The van der Waals surface area contributed by atoms with Crippen LogP contribution in [-0.4, -0.2) is 5.78 Å². The van der Waals surface area contributed by atoms with Crippen molar-refractivity contribution in [3.05, 3.63) is 65.2 Å². The van der Waals surface area contributed by atoms with Crippen LogP contribution in [0, 0.1) is 6.92 Å². The van der Waals surface area contributed by atoms with E-state index in [0.29, 0.717) is 13.0 Å². The molecular formula is C17H18O2. The van der Waals surface area contributed by atoms with Gasteiger partial charge in [0.15, 0.2) is 0 Å². The number of ether oxygens (including phenoxy) is 1. The first-order chi connectivity index (χ1) is 9.15. The summed E-state index contributed by atoms with van der Waals surface area (Å²) in [6.45, 7) is 4.16. The van der Waals surface area contributed by atoms with Crippen molar-refractivity contribution in [3.8, 4) is 5.75 Å². The molecule has 0 heterocycles. The van der Waals surface area contributed by atoms with Crippen molar-refractivity contribution in [1.82, 2.24) is 0 Å². The average Bonchev–Trinajstić information content (AvgIpc) is 2.40. The number of benzene rings is 2. The predicted octanol–water partition coefficient (Wildman–Crippen LogP) is 3.71. The van der Waals surface area contributed by atoms with Crippen LogP contribution in [0.5, 0.6) is 5.75 Å². The van der Waals surface area contributed by atoms with Gasteiger partial charge in [-0.2, -0.15) is 0 Å². The maximum Gasteiger partial charge on any atom is 0.134 e. The first-order valence-corrected chi connectivity index (χ1v) is 6.41. The number of hydrogen-bond acceptors (Lipinski definition) is 2. The topological polar surface area (TPSA) is 26.3 Å². The molecule has 2 aromatic carbocycles. The monoisotopic (exact) mass is 254 g/mol. The molecule has 0 radical (unpaired) electrons. The summed E-state index contributed by atoms with van der Waals surface area (Å²) in [4.78, 5) is 11.1. The zero-order valence-electron chi connectivity index (χ0n) is 11.3. The predicted molar refractivity (Wildman–Crippen MR) is 76.3 cm³/mol. The lowest BCUT2D eigenvalue weighted by molar-refractivity contribution is -0.116. The van der Waals surface area contributed by atoms with E-state index in [9.17, 15) is 4.79 Å². The van der Waals surface area contributed by atoms with Crippen LogP contribution in [0.25, 0.3) is 0 Å². The summed E-state index contributed by atoms with van der Waals surface area (Å²) < 4.78 is 5.83. The summed E-state index contributed by atoms with van der Waals surface area (Å²) in [6, 6.07) is 16.0. The van der Waals surface area contributed by atoms with E-state index >= 15 is 0 Å². The van der Waals surface area contributed by atoms with Gasteiger partial charge in [0.25, 0.3) is 0 Å². The van der Waals surface area contributed by atoms with Crippen molar-refractivity contribution < 1.29 is 9.53 Å². The number of Topliss-reactive ketones (excluding diaryl/α,β-unsaturated/α-hetero) is 1. The van der Waals surface area contributed by atoms with Crippen molar-refractivity contribution in [1.29, 1.82) is 0 Å². The van der Waals surface area contributed by atoms with Crippen LogP contribution in [-0.2, 0) is 17.8 Å². The quantitative estimate of drug-likeness (QED) is 0.813. The fourth-order valence-corrected chi connectivity index (χ4v) is 1.93. The molecule has 98 valence electrons. The molecule has 0 saturated heterocycles. The number of aryl methyl sites for hydroxylation is 1. The molecule has 0 aliphatic carbocycles. The minimum atomic E-state index is 0.165. The second-order valence-electron chi connectivity index (χ2n) is 4.75. The Bertz CT molecular complexity index is 559. The summed E-state index contributed by atoms with van der Waals surface area (Å²) in [5, 5.41) is 0. The zero-order valence-corrected chi connectivity index (χ0v) is 11.3. The normalized spacial score (nSPS) is 10.2. The molecule has 0 amide bonds. The van der Waals surface area contributed by atoms with Gasteiger partial charge in [-0.05, 0) is 36.6 Å². The van der Waals surface area contributed by atoms with E-state index in [1.54, 1.807) is 6.92 Å². The highest BCUT2D eigenvalue weighted by Gasteiger charge is 2.04. The van der Waals surface area contributed by atoms with Crippen LogP contribution >= 0.6 is 0 Å². The molecule has 0 unspecified atom stereocenters. The fourth-order valence-electron chi connectivity index (χ4n) is 1.93. The molecule has 19 heavy (non-hydrogen) atoms. The van der Waals surface area contributed by atoms with E-state index in [1.807, 2.05) is 55.5 Å². The molecule has 0 saturated carbocycles. The molecule has 0 atom stereocenters. The van der Waals surface area contributed by atoms with Gasteiger partial charge in [-0.3, -0.25) is 4.79 Å². The van der Waals surface area contributed by atoms with E-state index in [0.717, 1.165) is 22.4 Å². The van der Waals surface area contributed by atoms with Crippen LogP contribution in [0.2, 0.25) is 0 Å². The van der Waals surface area contributed by atoms with Crippen molar-refractivity contribution in [2.45, 2.75) is 26.9 Å². The Labute approximate surface area is 114 Å². The van der Waals surface area contributed by atoms with Gasteiger partial charge in [0.2, 0.25) is 0 Å². The van der Waals surface area contributed by atoms with E-state index in [2.05, 4.69) is 0 Å². The van der Waals surface area contributed by atoms with Gasteiger partial charge in [0.05, 0.1) is 0 Å². The number of carbonyl (C=O) groups excluding carboxylic acids is 1. The minimum Gasteiger partial charge on any atom is -0.489 e. The van der Waals surface area contributed by atoms with Gasteiger partial charge in [-0.15, -0.1) is 0 Å². The molecule has 0 aliphatic heterocycles. The third kappa shape index (κ3) is 3.95. The van der Waals surface area contributed by atoms with E-state index in [1.165, 1.54) is 0 Å². The third-order valence-corrected chi connectivity index (χ3v) is 2.94. The highest BCUT2D eigenvalue weighted by Crippen LogP contribution is 2.21. The van der Waals surface area contributed by atoms with E-state index < -0.39 is 0 Å². The van der Waals surface area contributed by atoms with E-state index in [4.69, 9.17) is 4.74 Å². The van der Waals surface area contributed by atoms with Crippen molar-refractivity contribution in [3.63, 3.8) is 0 Å². The Balaban J connectivity index is 2.08. The van der Waals surface area contributed by atoms with Crippen molar-refractivity contribution in [2.75, 3.05) is 0 Å². The molecule has 0 bridgehead atoms. The molecule has 0 aromatic heterocycles. The summed E-state index contributed by atoms with van der Waals surface area (Å²) in [7, 11) is 0. The Morgan fingerprint density at radius 1 is 1.05 bits per heavy atom. The molecular weight excluding hydrogens is 236 g/mol. The molecule has 0 fully saturated rings. The first kappa shape index (κ1) is 13.3. The second kappa shape index (κ2) is 6.19. The lowest BCUT2D eigenvalue weighted by atomic mass is 10.1. The number of rotatable bonds is 5. The van der Waals surface area contributed by atoms with Crippen LogP contribution in [0.4, 0.5) is 0 Å². The van der Waals surface area contributed by atoms with Crippen LogP contribution in [0.1, 0.15) is 23.6 Å². The Morgan fingerprint density at radius 3 is 2.47 bits per heavy atom. The Morgan fingerprint density at radius 2 is 1.79 bits per heavy atom. The van der Waals surface area contributed by atoms with E-state index in [-0.39, 0.29) is 5.78 Å². The number of carbonyl (C=O) groups is 1. The molecule has 0 aliphatic rings. The highest BCUT2D eigenvalue weighted by molar-refractivity contribution is 5.78. The number of hydrogen-bond donors (Lipinski definition) is 0.